The number of hydrogen-bond acceptors (Lipinski definition) is 14. The first-order valence-corrected chi connectivity index (χ1v) is 17.5. The average molecular weight is 785 g/mol. The largest absolute Gasteiger partial charge is 1.00 e. The predicted molar refractivity (Wildman–Crippen MR) is 180 cm³/mol. The van der Waals surface area contributed by atoms with E-state index >= 15 is 0 Å². The van der Waals surface area contributed by atoms with E-state index in [1.807, 2.05) is 0 Å². The molecule has 4 atom stereocenters. The molecule has 0 spiro atoms. The van der Waals surface area contributed by atoms with Gasteiger partial charge in [0.2, 0.25) is 5.91 Å². The first-order valence-electron chi connectivity index (χ1n) is 15.4. The summed E-state index contributed by atoms with van der Waals surface area (Å²) >= 11 is 2.46. The first kappa shape index (κ1) is 41.1. The number of anilines is 1. The number of carbonyl (C=O) groups is 8. The first-order chi connectivity index (χ1) is 24.8. The van der Waals surface area contributed by atoms with Crippen LogP contribution in [0.15, 0.2) is 46.8 Å². The van der Waals surface area contributed by atoms with Crippen molar-refractivity contribution in [1.82, 2.24) is 40.7 Å². The third-order valence-electron chi connectivity index (χ3n) is 8.00. The molecular formula is C29H33N10NaO11S2. The van der Waals surface area contributed by atoms with Crippen LogP contribution in [0.5, 0.6) is 0 Å². The number of aromatic amines is 1. The number of hydrogen-bond donors (Lipinski definition) is 7. The van der Waals surface area contributed by atoms with E-state index in [4.69, 9.17) is 15.6 Å². The molecule has 278 valence electrons. The fraction of sp³-hybridized carbons (Fsp3) is 0.379. The summed E-state index contributed by atoms with van der Waals surface area (Å²) in [4.78, 5) is 104. The molecule has 8 N–H and O–H groups in total. The van der Waals surface area contributed by atoms with E-state index in [-0.39, 0.29) is 79.1 Å². The van der Waals surface area contributed by atoms with Crippen LogP contribution < -0.4 is 51.2 Å². The number of H-pyrrole nitrogens is 1. The molecule has 0 bridgehead atoms. The summed E-state index contributed by atoms with van der Waals surface area (Å²) in [5.74, 6) is -5.84. The van der Waals surface area contributed by atoms with Crippen molar-refractivity contribution < 1.29 is 84.3 Å². The van der Waals surface area contributed by atoms with Crippen LogP contribution in [-0.4, -0.2) is 143 Å². The monoisotopic (exact) mass is 784 g/mol. The van der Waals surface area contributed by atoms with Crippen molar-refractivity contribution >= 4 is 76.9 Å². The fourth-order valence-corrected chi connectivity index (χ4v) is 7.54. The number of piperazine rings is 1. The zero-order valence-corrected chi connectivity index (χ0v) is 31.8. The number of carbonyl (C=O) groups excluding carboxylic acids is 6. The van der Waals surface area contributed by atoms with Crippen molar-refractivity contribution in [3.8, 4) is 0 Å². The van der Waals surface area contributed by atoms with Gasteiger partial charge in [-0.2, -0.15) is 10.3 Å². The Morgan fingerprint density at radius 1 is 1.13 bits per heavy atom. The summed E-state index contributed by atoms with van der Waals surface area (Å²) in [6, 6.07) is 0.138. The van der Waals surface area contributed by atoms with Gasteiger partial charge in [0, 0.05) is 36.8 Å². The quantitative estimate of drug-likeness (QED) is 0.0439. The SMILES string of the molecule is CCN1CCN(C(=O)N[C@@H](C(=O)N[C@@H]2C(=O)N3C(C(=O)O)=C(CSc4cn[nH]n4)CS[C@H]23)c2ccc(NC(=O)OC[C@@H](N)C(=O)O)cc2)C(=O)C1=O.[H-].[Na+]. The summed E-state index contributed by atoms with van der Waals surface area (Å²) in [5, 5.41) is 36.1. The molecule has 3 aliphatic rings. The number of thioether (sulfide) groups is 2. The van der Waals surface area contributed by atoms with Crippen molar-refractivity contribution in [2.45, 2.75) is 35.4 Å². The van der Waals surface area contributed by atoms with Crippen LogP contribution in [0.4, 0.5) is 15.3 Å². The number of β-lactam (4-membered cyclic amide) rings is 1. The van der Waals surface area contributed by atoms with E-state index in [2.05, 4.69) is 31.4 Å². The molecule has 2 saturated heterocycles. The minimum absolute atomic E-state index is 0. The van der Waals surface area contributed by atoms with Gasteiger partial charge in [0.05, 0.1) is 6.20 Å². The number of benzene rings is 1. The van der Waals surface area contributed by atoms with Gasteiger partial charge in [-0.05, 0) is 30.2 Å². The van der Waals surface area contributed by atoms with E-state index in [0.717, 1.165) is 4.90 Å². The number of rotatable bonds is 13. The van der Waals surface area contributed by atoms with E-state index in [0.29, 0.717) is 15.5 Å². The summed E-state index contributed by atoms with van der Waals surface area (Å²) in [5.41, 5.74) is 5.86. The van der Waals surface area contributed by atoms with Crippen molar-refractivity contribution in [1.29, 1.82) is 0 Å². The maximum absolute atomic E-state index is 13.8. The van der Waals surface area contributed by atoms with Crippen LogP contribution in [0.25, 0.3) is 0 Å². The van der Waals surface area contributed by atoms with Gasteiger partial charge >= 0.3 is 65.4 Å². The Balaban J connectivity index is 0.00000392. The van der Waals surface area contributed by atoms with E-state index < -0.39 is 77.8 Å². The van der Waals surface area contributed by atoms with Crippen LogP contribution in [0, 0.1) is 0 Å². The third-order valence-corrected chi connectivity index (χ3v) is 10.3. The number of fused-ring (bicyclic) bond motifs is 1. The molecule has 1 aromatic heterocycles. The normalized spacial score (nSPS) is 19.3. The molecule has 0 aliphatic carbocycles. The molecule has 0 saturated carbocycles. The van der Waals surface area contributed by atoms with Gasteiger partial charge in [-0.15, -0.1) is 16.9 Å². The van der Waals surface area contributed by atoms with Gasteiger partial charge in [-0.3, -0.25) is 39.1 Å². The Labute approximate surface area is 331 Å². The number of carboxylic acid groups (broad SMARTS) is 2. The molecule has 2 aromatic rings. The molecule has 5 rings (SSSR count). The topological polar surface area (TPSA) is 300 Å². The molecule has 4 heterocycles. The molecule has 24 heteroatoms. The zero-order chi connectivity index (χ0) is 37.7. The van der Waals surface area contributed by atoms with Crippen LogP contribution in [0.3, 0.4) is 0 Å². The Morgan fingerprint density at radius 2 is 1.85 bits per heavy atom. The zero-order valence-electron chi connectivity index (χ0n) is 29.1. The third kappa shape index (κ3) is 9.28. The van der Waals surface area contributed by atoms with Crippen LogP contribution in [0.1, 0.15) is 20.0 Å². The van der Waals surface area contributed by atoms with Crippen molar-refractivity contribution in [2.24, 2.45) is 5.73 Å². The number of ether oxygens (including phenoxy) is 1. The Hall–Kier alpha value is -4.68. The van der Waals surface area contributed by atoms with Gasteiger partial charge in [-0.1, -0.05) is 23.9 Å². The second kappa shape index (κ2) is 17.9. The standard InChI is InChI=1S/C29H32N10O11S2.Na.H/c1-2-37-7-8-38(24(43)23(37)42)28(48)34-18(13-3-5-15(6-4-13)32-29(49)50-10-16(30)26(44)45)21(40)33-19-22(41)39-20(27(46)47)14(12-52-25(19)39)11-51-17-9-31-36-35-17;;/h3-6,9,16,18-19,25H,2,7-8,10-12,30H2,1H3,(H,32,49)(H,33,40)(H,34,48)(H,44,45)(H,46,47)(H,31,35,36);;/q;+1;-1/t16-,18-,19-,25-;;/m1../s1. The van der Waals surface area contributed by atoms with Crippen molar-refractivity contribution in [3.05, 3.63) is 47.3 Å². The maximum atomic E-state index is 13.8. The molecule has 21 nitrogen and oxygen atoms in total. The molecule has 53 heavy (non-hydrogen) atoms. The second-order valence-electron chi connectivity index (χ2n) is 11.3. The summed E-state index contributed by atoms with van der Waals surface area (Å²) in [7, 11) is 0. The number of nitrogens with one attached hydrogen (secondary N) is 4. The summed E-state index contributed by atoms with van der Waals surface area (Å²) < 4.78 is 4.78. The number of aliphatic carboxylic acids is 2. The number of urea groups is 1. The minimum Gasteiger partial charge on any atom is -1.00 e. The number of nitrogens with zero attached hydrogens (tertiary/aromatic N) is 5. The number of carboxylic acids is 2. The van der Waals surface area contributed by atoms with E-state index in [9.17, 15) is 43.5 Å². The maximum Gasteiger partial charge on any atom is 1.00 e. The molecule has 2 fully saturated rings. The number of aromatic nitrogens is 3. The van der Waals surface area contributed by atoms with Gasteiger partial charge < -0.3 is 37.6 Å². The van der Waals surface area contributed by atoms with Crippen LogP contribution in [0.2, 0.25) is 0 Å². The van der Waals surface area contributed by atoms with Gasteiger partial charge in [0.1, 0.15) is 40.8 Å². The van der Waals surface area contributed by atoms with Crippen molar-refractivity contribution in [2.75, 3.05) is 43.1 Å². The van der Waals surface area contributed by atoms with Gasteiger partial charge in [0.25, 0.3) is 5.91 Å². The average Bonchev–Trinajstić information content (AvgIpc) is 3.65. The fourth-order valence-electron chi connectivity index (χ4n) is 5.27. The molecule has 0 unspecified atom stereocenters. The van der Waals surface area contributed by atoms with Crippen LogP contribution in [-0.2, 0) is 33.5 Å². The predicted octanol–water partition coefficient (Wildman–Crippen LogP) is -4.15. The Morgan fingerprint density at radius 3 is 2.47 bits per heavy atom. The summed E-state index contributed by atoms with van der Waals surface area (Å²) in [6.07, 6.45) is 0.451. The van der Waals surface area contributed by atoms with Crippen LogP contribution >= 0.6 is 23.5 Å². The van der Waals surface area contributed by atoms with Crippen molar-refractivity contribution in [3.63, 3.8) is 0 Å². The number of imide groups is 1. The van der Waals surface area contributed by atoms with Gasteiger partial charge in [0.15, 0.2) is 0 Å². The van der Waals surface area contributed by atoms with Gasteiger partial charge in [-0.25, -0.2) is 14.4 Å². The smallest absolute Gasteiger partial charge is 1.00 e. The van der Waals surface area contributed by atoms with E-state index in [1.165, 1.54) is 58.9 Å². The number of likely N-dealkylation sites (N-methyl/N-ethyl adjacent to an activating group) is 1. The molecule has 3 aliphatic heterocycles. The molecule has 7 amide bonds. The molecule has 0 radical (unpaired) electrons. The Kier molecular flexibility index (Phi) is 13.9. The van der Waals surface area contributed by atoms with E-state index in [1.54, 1.807) is 6.92 Å². The molecule has 1 aromatic carbocycles. The molecular weight excluding hydrogens is 752 g/mol. The number of amides is 7. The summed E-state index contributed by atoms with van der Waals surface area (Å²) in [6.45, 7) is 1.24. The minimum atomic E-state index is -1.55. The second-order valence-corrected chi connectivity index (χ2v) is 13.4. The Bertz CT molecular complexity index is 1820. The number of nitrogens with two attached hydrogens (primary N) is 1.